The molecule has 0 aromatic carbocycles. The first-order valence-corrected chi connectivity index (χ1v) is 11.6. The summed E-state index contributed by atoms with van der Waals surface area (Å²) in [6.45, 7) is 12.5. The molecule has 0 unspecified atom stereocenters. The van der Waals surface area contributed by atoms with Crippen LogP contribution in [0.3, 0.4) is 0 Å². The van der Waals surface area contributed by atoms with Gasteiger partial charge in [-0.1, -0.05) is 34.1 Å². The van der Waals surface area contributed by atoms with Crippen LogP contribution < -0.4 is 0 Å². The predicted molar refractivity (Wildman–Crippen MR) is 116 cm³/mol. The lowest BCUT2D eigenvalue weighted by Crippen LogP contribution is -2.57. The van der Waals surface area contributed by atoms with E-state index in [1.807, 2.05) is 0 Å². The molecule has 5 heteroatoms. The van der Waals surface area contributed by atoms with Crippen molar-refractivity contribution in [3.63, 3.8) is 0 Å². The average Bonchev–Trinajstić information content (AvgIpc) is 2.67. The normalized spacial score (nSPS) is 40.8. The number of esters is 2. The van der Waals surface area contributed by atoms with Crippen molar-refractivity contribution in [3.8, 4) is 0 Å². The minimum atomic E-state index is -0.302. The Kier molecular flexibility index (Phi) is 6.44. The highest BCUT2D eigenvalue weighted by molar-refractivity contribution is 5.66. The van der Waals surface area contributed by atoms with Gasteiger partial charge in [0.25, 0.3) is 0 Å². The summed E-state index contributed by atoms with van der Waals surface area (Å²) < 4.78 is 17.5. The number of carbonyl (C=O) groups is 2. The highest BCUT2D eigenvalue weighted by atomic mass is 16.5. The van der Waals surface area contributed by atoms with Crippen molar-refractivity contribution in [1.82, 2.24) is 0 Å². The van der Waals surface area contributed by atoms with Crippen LogP contribution in [0.25, 0.3) is 0 Å². The Labute approximate surface area is 181 Å². The van der Waals surface area contributed by atoms with Gasteiger partial charge in [0.1, 0.15) is 6.10 Å². The minimum Gasteiger partial charge on any atom is -0.465 e. The highest BCUT2D eigenvalue weighted by Crippen LogP contribution is 2.64. The molecule has 0 saturated heterocycles. The third kappa shape index (κ3) is 3.94. The van der Waals surface area contributed by atoms with Crippen molar-refractivity contribution in [2.75, 3.05) is 13.7 Å². The van der Waals surface area contributed by atoms with Gasteiger partial charge >= 0.3 is 11.9 Å². The van der Waals surface area contributed by atoms with Gasteiger partial charge < -0.3 is 14.2 Å². The topological polar surface area (TPSA) is 61.8 Å². The zero-order valence-corrected chi connectivity index (χ0v) is 19.9. The predicted octanol–water partition coefficient (Wildman–Crippen LogP) is 5.08. The van der Waals surface area contributed by atoms with Crippen molar-refractivity contribution < 1.29 is 23.8 Å². The van der Waals surface area contributed by atoms with Crippen molar-refractivity contribution in [2.45, 2.75) is 91.8 Å². The highest BCUT2D eigenvalue weighted by Gasteiger charge is 2.59. The van der Waals surface area contributed by atoms with Crippen molar-refractivity contribution >= 4 is 11.9 Å². The second kappa shape index (κ2) is 8.29. The number of hydrogen-bond acceptors (Lipinski definition) is 5. The van der Waals surface area contributed by atoms with Crippen LogP contribution in [0.4, 0.5) is 0 Å². The summed E-state index contributed by atoms with van der Waals surface area (Å²) in [5, 5.41) is 0. The number of methoxy groups -OCH3 is 1. The van der Waals surface area contributed by atoms with E-state index >= 15 is 0 Å². The fourth-order valence-electron chi connectivity index (χ4n) is 6.97. The Bertz CT molecular complexity index is 712. The van der Waals surface area contributed by atoms with E-state index in [1.165, 1.54) is 19.4 Å². The Balaban J connectivity index is 2.04. The quantitative estimate of drug-likeness (QED) is 0.459. The van der Waals surface area contributed by atoms with Gasteiger partial charge in [-0.25, -0.2) is 0 Å². The summed E-state index contributed by atoms with van der Waals surface area (Å²) in [5.41, 5.74) is 0.953. The Hall–Kier alpha value is -1.36. The van der Waals surface area contributed by atoms with Crippen LogP contribution >= 0.6 is 0 Å². The lowest BCUT2D eigenvalue weighted by molar-refractivity contribution is -0.165. The molecule has 0 spiro atoms. The molecule has 0 heterocycles. The lowest BCUT2D eigenvalue weighted by atomic mass is 9.45. The van der Waals surface area contributed by atoms with E-state index in [0.29, 0.717) is 24.4 Å². The van der Waals surface area contributed by atoms with Crippen LogP contribution in [-0.4, -0.2) is 37.4 Å². The van der Waals surface area contributed by atoms with Crippen molar-refractivity contribution in [2.24, 2.45) is 28.6 Å². The maximum absolute atomic E-state index is 12.0. The van der Waals surface area contributed by atoms with E-state index in [9.17, 15) is 9.59 Å². The lowest BCUT2D eigenvalue weighted by Gasteiger charge is -2.61. The zero-order valence-electron chi connectivity index (χ0n) is 19.9. The fraction of sp³-hybridized carbons (Fsp3) is 0.840. The third-order valence-corrected chi connectivity index (χ3v) is 8.63. The molecule has 3 aliphatic carbocycles. The molecular weight excluding hydrogens is 380 g/mol. The maximum atomic E-state index is 12.0. The van der Waals surface area contributed by atoms with Crippen LogP contribution in [0.2, 0.25) is 0 Å². The number of fused-ring (bicyclic) bond motifs is 3. The van der Waals surface area contributed by atoms with Crippen LogP contribution in [0, 0.1) is 28.6 Å². The second-order valence-corrected chi connectivity index (χ2v) is 10.7. The molecule has 0 N–H and O–H groups in total. The van der Waals surface area contributed by atoms with Gasteiger partial charge in [-0.15, -0.1) is 0 Å². The second-order valence-electron chi connectivity index (χ2n) is 10.7. The van der Waals surface area contributed by atoms with E-state index in [2.05, 4.69) is 33.8 Å². The van der Waals surface area contributed by atoms with Gasteiger partial charge in [0, 0.05) is 26.4 Å². The third-order valence-electron chi connectivity index (χ3n) is 8.63. The van der Waals surface area contributed by atoms with Gasteiger partial charge in [-0.3, -0.25) is 9.59 Å². The molecular formula is C25H40O5. The summed E-state index contributed by atoms with van der Waals surface area (Å²) >= 11 is 0. The first-order valence-electron chi connectivity index (χ1n) is 11.6. The summed E-state index contributed by atoms with van der Waals surface area (Å²) in [7, 11) is 1.79. The van der Waals surface area contributed by atoms with Gasteiger partial charge in [0.15, 0.2) is 0 Å². The monoisotopic (exact) mass is 420 g/mol. The number of hydrogen-bond donors (Lipinski definition) is 0. The Morgan fingerprint density at radius 2 is 1.83 bits per heavy atom. The molecule has 5 nitrogen and oxygen atoms in total. The largest absolute Gasteiger partial charge is 0.465 e. The van der Waals surface area contributed by atoms with E-state index in [-0.39, 0.29) is 34.5 Å². The van der Waals surface area contributed by atoms with Crippen LogP contribution in [0.15, 0.2) is 11.6 Å². The molecule has 3 rings (SSSR count). The van der Waals surface area contributed by atoms with Gasteiger partial charge in [-0.05, 0) is 66.9 Å². The molecule has 0 radical (unpaired) electrons. The molecule has 0 aromatic heterocycles. The van der Waals surface area contributed by atoms with Crippen molar-refractivity contribution in [1.29, 1.82) is 0 Å². The van der Waals surface area contributed by atoms with E-state index in [4.69, 9.17) is 14.2 Å². The summed E-state index contributed by atoms with van der Waals surface area (Å²) in [4.78, 5) is 23.6. The summed E-state index contributed by atoms with van der Waals surface area (Å²) in [5.74, 6) is 0.577. The molecule has 3 aliphatic rings. The summed E-state index contributed by atoms with van der Waals surface area (Å²) in [6.07, 6.45) is 8.20. The maximum Gasteiger partial charge on any atom is 0.303 e. The van der Waals surface area contributed by atoms with Gasteiger partial charge in [0.2, 0.25) is 0 Å². The SMILES string of the molecule is CO[C@@]1(C(C)C)C=C2[C@H](OC(C)=O)C[C@@H]3[C@](C)(COC(C)=O)CCC[C@]3(C)[C@H]2CC1. The van der Waals surface area contributed by atoms with Crippen LogP contribution in [0.5, 0.6) is 0 Å². The average molecular weight is 421 g/mol. The molecule has 0 amide bonds. The van der Waals surface area contributed by atoms with E-state index < -0.39 is 0 Å². The molecule has 0 aliphatic heterocycles. The molecule has 6 atom stereocenters. The number of ether oxygens (including phenoxy) is 3. The first-order chi connectivity index (χ1) is 14.0. The zero-order chi connectivity index (χ0) is 22.3. The molecule has 2 saturated carbocycles. The molecule has 170 valence electrons. The number of rotatable bonds is 5. The molecule has 30 heavy (non-hydrogen) atoms. The summed E-state index contributed by atoms with van der Waals surface area (Å²) in [6, 6.07) is 0. The first kappa shape index (κ1) is 23.3. The fourth-order valence-corrected chi connectivity index (χ4v) is 6.97. The van der Waals surface area contributed by atoms with Crippen LogP contribution in [0.1, 0.15) is 80.1 Å². The van der Waals surface area contributed by atoms with Gasteiger partial charge in [-0.2, -0.15) is 0 Å². The minimum absolute atomic E-state index is 0.101. The smallest absolute Gasteiger partial charge is 0.303 e. The number of carbonyl (C=O) groups excluding carboxylic acids is 2. The van der Waals surface area contributed by atoms with E-state index in [1.54, 1.807) is 7.11 Å². The molecule has 0 aromatic rings. The Morgan fingerprint density at radius 1 is 1.13 bits per heavy atom. The Morgan fingerprint density at radius 3 is 2.40 bits per heavy atom. The van der Waals surface area contributed by atoms with E-state index in [0.717, 1.165) is 38.5 Å². The van der Waals surface area contributed by atoms with Crippen molar-refractivity contribution in [3.05, 3.63) is 11.6 Å². The molecule has 0 bridgehead atoms. The van der Waals surface area contributed by atoms with Gasteiger partial charge in [0.05, 0.1) is 12.2 Å². The molecule has 2 fully saturated rings. The standard InChI is InChI=1S/C25H40O5/c1-16(2)25(28-7)12-9-20-19(14-25)21(30-18(4)27)13-22-23(5,15-29-17(3)26)10-8-11-24(20,22)6/h14,16,20-22H,8-13,15H2,1-7H3/t20-,21+,22+,23-,24+,25+/m0/s1. The van der Waals surface area contributed by atoms with Crippen LogP contribution in [-0.2, 0) is 23.8 Å².